The van der Waals surface area contributed by atoms with Gasteiger partial charge >= 0.3 is 6.18 Å². The van der Waals surface area contributed by atoms with Crippen molar-refractivity contribution < 1.29 is 32.0 Å². The number of carbonyl (C=O) groups is 1. The molecule has 0 aliphatic rings. The van der Waals surface area contributed by atoms with Crippen LogP contribution in [0.25, 0.3) is 0 Å². The van der Waals surface area contributed by atoms with E-state index in [0.717, 1.165) is 18.2 Å². The molecule has 7 nitrogen and oxygen atoms in total. The number of hydrogen-bond acceptors (Lipinski definition) is 5. The summed E-state index contributed by atoms with van der Waals surface area (Å²) >= 11 is 5.83. The Hall–Kier alpha value is -3.73. The first-order chi connectivity index (χ1) is 15.0. The topological polar surface area (TPSA) is 94.4 Å². The summed E-state index contributed by atoms with van der Waals surface area (Å²) in [7, 11) is 0. The van der Waals surface area contributed by atoms with E-state index < -0.39 is 39.6 Å². The van der Waals surface area contributed by atoms with E-state index in [4.69, 9.17) is 16.3 Å². The summed E-state index contributed by atoms with van der Waals surface area (Å²) in [4.78, 5) is 26.0. The lowest BCUT2D eigenvalue weighted by Gasteiger charge is -2.13. The summed E-state index contributed by atoms with van der Waals surface area (Å²) in [6, 6.07) is 7.46. The summed E-state index contributed by atoms with van der Waals surface area (Å²) in [5.41, 5.74) is -1.33. The van der Waals surface area contributed by atoms with Gasteiger partial charge < -0.3 is 10.1 Å². The number of amides is 1. The van der Waals surface area contributed by atoms with Crippen LogP contribution in [-0.2, 0) is 6.18 Å². The molecule has 0 aliphatic carbocycles. The Morgan fingerprint density at radius 1 is 1.19 bits per heavy atom. The lowest BCUT2D eigenvalue weighted by Crippen LogP contribution is -2.14. The molecular formula is C20H12ClF4N3O4. The van der Waals surface area contributed by atoms with Gasteiger partial charge in [-0.3, -0.25) is 14.9 Å². The minimum Gasteiger partial charge on any atom is -0.437 e. The van der Waals surface area contributed by atoms with Crippen LogP contribution in [0.4, 0.5) is 28.9 Å². The number of halogens is 5. The van der Waals surface area contributed by atoms with Crippen molar-refractivity contribution in [2.75, 3.05) is 5.32 Å². The second-order valence-electron chi connectivity index (χ2n) is 6.47. The van der Waals surface area contributed by atoms with Crippen molar-refractivity contribution in [3.63, 3.8) is 0 Å². The van der Waals surface area contributed by atoms with Crippen LogP contribution in [-0.4, -0.2) is 15.8 Å². The van der Waals surface area contributed by atoms with Gasteiger partial charge in [0.2, 0.25) is 5.88 Å². The average molecular weight is 470 g/mol. The van der Waals surface area contributed by atoms with Gasteiger partial charge in [-0.15, -0.1) is 0 Å². The number of aromatic nitrogens is 1. The highest BCUT2D eigenvalue weighted by molar-refractivity contribution is 6.31. The molecule has 0 radical (unpaired) electrons. The molecule has 1 aromatic heterocycles. The zero-order valence-electron chi connectivity index (χ0n) is 16.0. The number of nitro groups is 1. The van der Waals surface area contributed by atoms with E-state index in [0.29, 0.717) is 17.8 Å². The summed E-state index contributed by atoms with van der Waals surface area (Å²) in [6.07, 6.45) is -4.03. The van der Waals surface area contributed by atoms with Gasteiger partial charge in [-0.1, -0.05) is 11.6 Å². The maximum atomic E-state index is 13.9. The highest BCUT2D eigenvalue weighted by Gasteiger charge is 2.32. The fourth-order valence-electron chi connectivity index (χ4n) is 2.60. The third kappa shape index (κ3) is 5.11. The number of nitrogens with one attached hydrogen (secondary N) is 1. The van der Waals surface area contributed by atoms with Gasteiger partial charge in [0.1, 0.15) is 16.6 Å². The number of ether oxygens (including phenoxy) is 1. The molecule has 0 spiro atoms. The number of pyridine rings is 1. The van der Waals surface area contributed by atoms with Gasteiger partial charge in [-0.2, -0.15) is 13.2 Å². The lowest BCUT2D eigenvalue weighted by atomic mass is 10.1. The highest BCUT2D eigenvalue weighted by Crippen LogP contribution is 2.35. The Kier molecular flexibility index (Phi) is 6.30. The van der Waals surface area contributed by atoms with Crippen LogP contribution in [0.1, 0.15) is 21.5 Å². The molecule has 3 rings (SSSR count). The van der Waals surface area contributed by atoms with Crippen molar-refractivity contribution in [3.05, 3.63) is 86.3 Å². The number of aryl methyl sites for hydroxylation is 1. The number of carbonyl (C=O) groups excluding carboxylic acids is 1. The number of alkyl halides is 3. The normalized spacial score (nSPS) is 11.2. The first-order valence-electron chi connectivity index (χ1n) is 8.72. The van der Waals surface area contributed by atoms with Crippen molar-refractivity contribution in [2.45, 2.75) is 13.1 Å². The van der Waals surface area contributed by atoms with E-state index in [1.54, 1.807) is 6.92 Å². The quantitative estimate of drug-likeness (QED) is 0.274. The number of rotatable bonds is 5. The molecule has 0 bridgehead atoms. The van der Waals surface area contributed by atoms with Gasteiger partial charge in [-0.05, 0) is 42.8 Å². The molecule has 0 aliphatic heterocycles. The Balaban J connectivity index is 1.78. The minimum absolute atomic E-state index is 0.193. The zero-order valence-corrected chi connectivity index (χ0v) is 16.8. The van der Waals surface area contributed by atoms with Crippen LogP contribution in [0.15, 0.2) is 48.7 Å². The number of nitro benzene ring substituents is 1. The third-order valence-corrected chi connectivity index (χ3v) is 4.45. The van der Waals surface area contributed by atoms with Crippen molar-refractivity contribution in [3.8, 4) is 11.6 Å². The van der Waals surface area contributed by atoms with Gasteiger partial charge in [0, 0.05) is 24.0 Å². The van der Waals surface area contributed by atoms with E-state index >= 15 is 0 Å². The standard InChI is InChI=1S/C20H12ClF4N3O4/c1-10-6-12(27-18(29)14-8-13(28(30)31)3-4-16(14)22)2-5-17(10)32-19-15(21)7-11(9-26-19)20(23,24)25/h2-9H,1H3,(H,27,29). The number of anilines is 1. The summed E-state index contributed by atoms with van der Waals surface area (Å²) < 4.78 is 57.5. The molecule has 2 aromatic carbocycles. The Bertz CT molecular complexity index is 1220. The molecule has 3 aromatic rings. The number of hydrogen-bond donors (Lipinski definition) is 1. The molecule has 0 unspecified atom stereocenters. The molecular weight excluding hydrogens is 458 g/mol. The molecule has 1 N–H and O–H groups in total. The molecule has 166 valence electrons. The Morgan fingerprint density at radius 2 is 1.91 bits per heavy atom. The van der Waals surface area contributed by atoms with Crippen molar-refractivity contribution in [1.29, 1.82) is 0 Å². The molecule has 1 heterocycles. The van der Waals surface area contributed by atoms with E-state index in [1.165, 1.54) is 18.2 Å². The SMILES string of the molecule is Cc1cc(NC(=O)c2cc([N+](=O)[O-])ccc2F)ccc1Oc1ncc(C(F)(F)F)cc1Cl. The zero-order chi connectivity index (χ0) is 23.6. The first-order valence-corrected chi connectivity index (χ1v) is 9.10. The second-order valence-corrected chi connectivity index (χ2v) is 6.87. The van der Waals surface area contributed by atoms with Crippen LogP contribution in [0.3, 0.4) is 0 Å². The Labute approximate surface area is 182 Å². The van der Waals surface area contributed by atoms with Gasteiger partial charge in [-0.25, -0.2) is 9.37 Å². The predicted molar refractivity (Wildman–Crippen MR) is 107 cm³/mol. The minimum atomic E-state index is -4.61. The van der Waals surface area contributed by atoms with Crippen LogP contribution >= 0.6 is 11.6 Å². The maximum absolute atomic E-state index is 13.9. The van der Waals surface area contributed by atoms with Crippen molar-refractivity contribution >= 4 is 28.9 Å². The van der Waals surface area contributed by atoms with Crippen LogP contribution in [0.5, 0.6) is 11.6 Å². The summed E-state index contributed by atoms with van der Waals surface area (Å²) in [6.45, 7) is 1.58. The van der Waals surface area contributed by atoms with E-state index in [1.807, 2.05) is 0 Å². The summed E-state index contributed by atoms with van der Waals surface area (Å²) in [5, 5.41) is 12.9. The smallest absolute Gasteiger partial charge is 0.417 e. The molecule has 1 amide bonds. The first kappa shape index (κ1) is 22.9. The molecule has 32 heavy (non-hydrogen) atoms. The van der Waals surface area contributed by atoms with Crippen molar-refractivity contribution in [1.82, 2.24) is 4.98 Å². The van der Waals surface area contributed by atoms with Crippen LogP contribution in [0, 0.1) is 22.9 Å². The Morgan fingerprint density at radius 3 is 2.50 bits per heavy atom. The highest BCUT2D eigenvalue weighted by atomic mass is 35.5. The van der Waals surface area contributed by atoms with E-state index in [-0.39, 0.29) is 22.3 Å². The van der Waals surface area contributed by atoms with Crippen LogP contribution < -0.4 is 10.1 Å². The fraction of sp³-hybridized carbons (Fsp3) is 0.100. The lowest BCUT2D eigenvalue weighted by molar-refractivity contribution is -0.384. The third-order valence-electron chi connectivity index (χ3n) is 4.18. The number of nitrogens with zero attached hydrogens (tertiary/aromatic N) is 2. The number of benzene rings is 2. The van der Waals surface area contributed by atoms with E-state index in [2.05, 4.69) is 10.3 Å². The number of non-ortho nitro benzene ring substituents is 1. The second kappa shape index (κ2) is 8.79. The molecule has 0 fully saturated rings. The fourth-order valence-corrected chi connectivity index (χ4v) is 2.81. The largest absolute Gasteiger partial charge is 0.437 e. The monoisotopic (exact) mass is 469 g/mol. The molecule has 0 atom stereocenters. The predicted octanol–water partition coefficient (Wildman–Crippen LogP) is 6.15. The maximum Gasteiger partial charge on any atom is 0.417 e. The molecule has 12 heteroatoms. The molecule has 0 saturated heterocycles. The van der Waals surface area contributed by atoms with E-state index in [9.17, 15) is 32.5 Å². The molecule has 0 saturated carbocycles. The average Bonchev–Trinajstić information content (AvgIpc) is 2.70. The van der Waals surface area contributed by atoms with Crippen LogP contribution in [0.2, 0.25) is 5.02 Å². The van der Waals surface area contributed by atoms with Gasteiger partial charge in [0.05, 0.1) is 16.1 Å². The summed E-state index contributed by atoms with van der Waals surface area (Å²) in [5.74, 6) is -1.91. The van der Waals surface area contributed by atoms with Gasteiger partial charge in [0.25, 0.3) is 11.6 Å². The van der Waals surface area contributed by atoms with Gasteiger partial charge in [0.15, 0.2) is 0 Å². The van der Waals surface area contributed by atoms with Crippen molar-refractivity contribution in [2.24, 2.45) is 0 Å².